The molecule has 0 heterocycles. The van der Waals surface area contributed by atoms with E-state index in [2.05, 4.69) is 116 Å². The van der Waals surface area contributed by atoms with Gasteiger partial charge in [0, 0.05) is 12.3 Å². The summed E-state index contributed by atoms with van der Waals surface area (Å²) < 4.78 is 0. The molecule has 0 aliphatic rings. The Balaban J connectivity index is -0.000000177. The van der Waals surface area contributed by atoms with E-state index in [4.69, 9.17) is 0 Å². The summed E-state index contributed by atoms with van der Waals surface area (Å²) in [7, 11) is 0. The first-order valence-corrected chi connectivity index (χ1v) is 14.2. The number of ketones is 1. The van der Waals surface area contributed by atoms with Crippen LogP contribution < -0.4 is 0 Å². The Bertz CT molecular complexity index is 429. The lowest BCUT2D eigenvalue weighted by atomic mass is 9.96. The van der Waals surface area contributed by atoms with Crippen molar-refractivity contribution in [3.63, 3.8) is 0 Å². The third kappa shape index (κ3) is 44.8. The summed E-state index contributed by atoms with van der Waals surface area (Å²) in [5.41, 5.74) is 1.38. The van der Waals surface area contributed by atoms with E-state index < -0.39 is 0 Å². The van der Waals surface area contributed by atoms with Gasteiger partial charge in [-0.15, -0.1) is 0 Å². The second-order valence-electron chi connectivity index (χ2n) is 12.9. The minimum absolute atomic E-state index is 0.215. The van der Waals surface area contributed by atoms with Crippen molar-refractivity contribution in [2.75, 3.05) is 0 Å². The SMILES string of the molecule is C=C(CC(C)C)C(C)C.CC(C)/C=C\C(C)C.CC(C)CC(=O)C(C)C.CC(C)CCC(C)C. The van der Waals surface area contributed by atoms with Crippen molar-refractivity contribution in [3.8, 4) is 0 Å². The Hall–Kier alpha value is -0.850. The molecule has 0 saturated heterocycles. The molecule has 0 unspecified atom stereocenters. The zero-order chi connectivity index (χ0) is 28.0. The summed E-state index contributed by atoms with van der Waals surface area (Å²) in [6.07, 6.45) is 9.17. The van der Waals surface area contributed by atoms with E-state index in [0.717, 1.165) is 24.2 Å². The number of allylic oxidation sites excluding steroid dienone is 3. The van der Waals surface area contributed by atoms with Crippen LogP contribution in [0, 0.1) is 47.3 Å². The van der Waals surface area contributed by atoms with Gasteiger partial charge in [-0.1, -0.05) is 148 Å². The predicted molar refractivity (Wildman–Crippen MR) is 160 cm³/mol. The van der Waals surface area contributed by atoms with Crippen LogP contribution in [0.25, 0.3) is 0 Å². The van der Waals surface area contributed by atoms with Crippen LogP contribution in [0.5, 0.6) is 0 Å². The summed E-state index contributed by atoms with van der Waals surface area (Å²) in [5, 5.41) is 0. The molecule has 1 nitrogen and oxygen atoms in total. The molecule has 0 atom stereocenters. The standard InChI is InChI=1S/C9H18.C8H16O.C8H18.C8H16/c1-7(2)6-9(5)8(3)4;1-6(2)5-8(9)7(3)4;2*1-7(2)5-6-8(3)4/h7-8H,5-6H2,1-4H3;6-7H,5H2,1-4H3;7-8H,5-6H2,1-4H3;5-8H,1-4H3/b;;;6-5-. The van der Waals surface area contributed by atoms with Crippen molar-refractivity contribution in [2.45, 2.75) is 136 Å². The van der Waals surface area contributed by atoms with Gasteiger partial charge in [0.2, 0.25) is 0 Å². The molecule has 206 valence electrons. The highest BCUT2D eigenvalue weighted by Crippen LogP contribution is 2.16. The van der Waals surface area contributed by atoms with Crippen LogP contribution in [0.3, 0.4) is 0 Å². The summed E-state index contributed by atoms with van der Waals surface area (Å²) in [4.78, 5) is 11.0. The van der Waals surface area contributed by atoms with Crippen molar-refractivity contribution in [2.24, 2.45) is 47.3 Å². The van der Waals surface area contributed by atoms with Gasteiger partial charge in [-0.3, -0.25) is 4.79 Å². The van der Waals surface area contributed by atoms with E-state index in [0.29, 0.717) is 29.5 Å². The monoisotopic (exact) mass is 481 g/mol. The van der Waals surface area contributed by atoms with Gasteiger partial charge in [0.25, 0.3) is 0 Å². The smallest absolute Gasteiger partial charge is 0.135 e. The molecular weight excluding hydrogens is 412 g/mol. The van der Waals surface area contributed by atoms with Crippen LogP contribution >= 0.6 is 0 Å². The fourth-order valence-electron chi connectivity index (χ4n) is 2.51. The second kappa shape index (κ2) is 25.2. The van der Waals surface area contributed by atoms with Crippen molar-refractivity contribution < 1.29 is 4.79 Å². The number of carbonyl (C=O) groups is 1. The lowest BCUT2D eigenvalue weighted by molar-refractivity contribution is -0.122. The van der Waals surface area contributed by atoms with Crippen LogP contribution in [0.4, 0.5) is 0 Å². The van der Waals surface area contributed by atoms with E-state index in [1.165, 1.54) is 24.8 Å². The fraction of sp³-hybridized carbons (Fsp3) is 0.848. The number of carbonyl (C=O) groups excluding carboxylic acids is 1. The van der Waals surface area contributed by atoms with Crippen LogP contribution in [-0.4, -0.2) is 5.78 Å². The van der Waals surface area contributed by atoms with Gasteiger partial charge in [-0.05, 0) is 47.8 Å². The molecule has 1 heteroatoms. The van der Waals surface area contributed by atoms with Gasteiger partial charge in [0.15, 0.2) is 0 Å². The molecule has 0 aliphatic heterocycles. The lowest BCUT2D eigenvalue weighted by Gasteiger charge is -2.10. The molecule has 0 spiro atoms. The second-order valence-corrected chi connectivity index (χ2v) is 12.9. The maximum absolute atomic E-state index is 11.0. The molecular formula is C33H68O. The number of rotatable bonds is 11. The van der Waals surface area contributed by atoms with Gasteiger partial charge in [0.1, 0.15) is 5.78 Å². The quantitative estimate of drug-likeness (QED) is 0.269. The highest BCUT2D eigenvalue weighted by molar-refractivity contribution is 5.80. The molecule has 0 N–H and O–H groups in total. The third-order valence-corrected chi connectivity index (χ3v) is 4.94. The number of hydrogen-bond acceptors (Lipinski definition) is 1. The van der Waals surface area contributed by atoms with Crippen LogP contribution in [0.15, 0.2) is 24.3 Å². The third-order valence-electron chi connectivity index (χ3n) is 4.94. The normalized spacial score (nSPS) is 11.3. The molecule has 0 aliphatic carbocycles. The van der Waals surface area contributed by atoms with Gasteiger partial charge >= 0.3 is 0 Å². The molecule has 0 bridgehead atoms. The Morgan fingerprint density at radius 2 is 0.853 bits per heavy atom. The molecule has 0 aromatic rings. The van der Waals surface area contributed by atoms with Gasteiger partial charge < -0.3 is 0 Å². The first kappa shape index (κ1) is 40.3. The zero-order valence-corrected chi connectivity index (χ0v) is 26.7. The Morgan fingerprint density at radius 1 is 0.529 bits per heavy atom. The van der Waals surface area contributed by atoms with Crippen molar-refractivity contribution in [3.05, 3.63) is 24.3 Å². The molecule has 0 amide bonds. The molecule has 0 aromatic heterocycles. The summed E-state index contributed by atoms with van der Waals surface area (Å²) in [5.74, 6) is 5.72. The van der Waals surface area contributed by atoms with E-state index in [1.54, 1.807) is 0 Å². The minimum Gasteiger partial charge on any atom is -0.299 e. The Kier molecular flexibility index (Phi) is 29.9. The Labute approximate surface area is 218 Å². The average molecular weight is 481 g/mol. The maximum atomic E-state index is 11.0. The molecule has 0 rings (SSSR count). The maximum Gasteiger partial charge on any atom is 0.135 e. The van der Waals surface area contributed by atoms with E-state index >= 15 is 0 Å². The highest BCUT2D eigenvalue weighted by Gasteiger charge is 2.08. The van der Waals surface area contributed by atoms with Crippen LogP contribution in [0.1, 0.15) is 136 Å². The summed E-state index contributed by atoms with van der Waals surface area (Å²) >= 11 is 0. The predicted octanol–water partition coefficient (Wildman–Crippen LogP) is 11.4. The topological polar surface area (TPSA) is 17.1 Å². The van der Waals surface area contributed by atoms with Crippen molar-refractivity contribution in [1.29, 1.82) is 0 Å². The summed E-state index contributed by atoms with van der Waals surface area (Å²) in [6, 6.07) is 0. The zero-order valence-electron chi connectivity index (χ0n) is 26.7. The number of Topliss-reactive ketones (excluding diaryl/α,β-unsaturated/α-hetero) is 1. The molecule has 34 heavy (non-hydrogen) atoms. The van der Waals surface area contributed by atoms with Crippen LogP contribution in [0.2, 0.25) is 0 Å². The average Bonchev–Trinajstić information content (AvgIpc) is 2.65. The van der Waals surface area contributed by atoms with Gasteiger partial charge in [-0.2, -0.15) is 0 Å². The van der Waals surface area contributed by atoms with Gasteiger partial charge in [0.05, 0.1) is 0 Å². The fourth-order valence-corrected chi connectivity index (χ4v) is 2.51. The van der Waals surface area contributed by atoms with E-state index in [-0.39, 0.29) is 5.92 Å². The van der Waals surface area contributed by atoms with Crippen molar-refractivity contribution >= 4 is 5.78 Å². The van der Waals surface area contributed by atoms with Crippen molar-refractivity contribution in [1.82, 2.24) is 0 Å². The van der Waals surface area contributed by atoms with E-state index in [1.807, 2.05) is 13.8 Å². The molecule has 0 radical (unpaired) electrons. The first-order valence-electron chi connectivity index (χ1n) is 14.2. The van der Waals surface area contributed by atoms with E-state index in [9.17, 15) is 4.79 Å². The summed E-state index contributed by atoms with van der Waals surface area (Å²) in [6.45, 7) is 38.8. The van der Waals surface area contributed by atoms with Crippen LogP contribution in [-0.2, 0) is 4.79 Å². The Morgan fingerprint density at radius 3 is 0.971 bits per heavy atom. The minimum atomic E-state index is 0.215. The number of hydrogen-bond donors (Lipinski definition) is 0. The lowest BCUT2D eigenvalue weighted by Crippen LogP contribution is -2.09. The molecule has 0 fully saturated rings. The highest BCUT2D eigenvalue weighted by atomic mass is 16.1. The van der Waals surface area contributed by atoms with Gasteiger partial charge in [-0.25, -0.2) is 0 Å². The molecule has 0 aromatic carbocycles. The molecule has 0 saturated carbocycles. The largest absolute Gasteiger partial charge is 0.299 e. The first-order chi connectivity index (χ1) is 15.3.